The minimum Gasteiger partial charge on any atom is -0.466 e. The molecule has 0 aliphatic rings. The number of nitrogens with one attached hydrogen (secondary N) is 1. The first-order valence-corrected chi connectivity index (χ1v) is 12.5. The van der Waals surface area contributed by atoms with Gasteiger partial charge in [0.15, 0.2) is 0 Å². The summed E-state index contributed by atoms with van der Waals surface area (Å²) < 4.78 is 11.8. The number of anilines is 2. The third-order valence-electron chi connectivity index (χ3n) is 5.28. The molecule has 0 unspecified atom stereocenters. The molecule has 186 valence electrons. The molecule has 0 saturated heterocycles. The standard InChI is InChI=1S/C25H30N4O5S/c1-4-29-24(31)23(27-18-16-26-13-12-17(18)3)21(22(28-29)19-10-9-15-35-19)25(32)34-14-8-6-7-11-20(30)33-5-2/h9-10,12-13,15-16,27H,4-8,11,14H2,1-3H3. The first-order valence-electron chi connectivity index (χ1n) is 11.7. The van der Waals surface area contributed by atoms with E-state index in [2.05, 4.69) is 15.4 Å². The molecule has 10 heteroatoms. The lowest BCUT2D eigenvalue weighted by Gasteiger charge is -2.17. The molecule has 0 spiro atoms. The number of esters is 2. The van der Waals surface area contributed by atoms with Crippen LogP contribution in [0.5, 0.6) is 0 Å². The van der Waals surface area contributed by atoms with Gasteiger partial charge in [0.25, 0.3) is 5.56 Å². The van der Waals surface area contributed by atoms with Crippen molar-refractivity contribution >= 4 is 34.7 Å². The molecule has 0 aliphatic heterocycles. The van der Waals surface area contributed by atoms with Crippen LogP contribution in [-0.4, -0.2) is 39.9 Å². The molecule has 35 heavy (non-hydrogen) atoms. The molecule has 0 amide bonds. The van der Waals surface area contributed by atoms with Crippen LogP contribution in [0.3, 0.4) is 0 Å². The van der Waals surface area contributed by atoms with Gasteiger partial charge in [-0.05, 0) is 63.1 Å². The van der Waals surface area contributed by atoms with Crippen LogP contribution in [0.1, 0.15) is 55.5 Å². The molecule has 0 atom stereocenters. The van der Waals surface area contributed by atoms with Crippen molar-refractivity contribution < 1.29 is 19.1 Å². The number of hydrogen-bond donors (Lipinski definition) is 1. The number of rotatable bonds is 12. The summed E-state index contributed by atoms with van der Waals surface area (Å²) in [5.41, 5.74) is 1.65. The highest BCUT2D eigenvalue weighted by molar-refractivity contribution is 7.13. The van der Waals surface area contributed by atoms with Crippen molar-refractivity contribution in [3.63, 3.8) is 0 Å². The highest BCUT2D eigenvalue weighted by Crippen LogP contribution is 2.31. The average Bonchev–Trinajstić information content (AvgIpc) is 3.38. The maximum Gasteiger partial charge on any atom is 0.342 e. The molecule has 0 bridgehead atoms. The maximum atomic E-state index is 13.3. The fourth-order valence-corrected chi connectivity index (χ4v) is 4.15. The number of thiophene rings is 1. The normalized spacial score (nSPS) is 10.7. The Bertz CT molecular complexity index is 1210. The van der Waals surface area contributed by atoms with Crippen LogP contribution >= 0.6 is 11.3 Å². The second-order valence-corrected chi connectivity index (χ2v) is 8.71. The first-order chi connectivity index (χ1) is 17.0. The topological polar surface area (TPSA) is 112 Å². The van der Waals surface area contributed by atoms with E-state index in [9.17, 15) is 14.4 Å². The van der Waals surface area contributed by atoms with Gasteiger partial charge in [0.2, 0.25) is 0 Å². The van der Waals surface area contributed by atoms with E-state index >= 15 is 0 Å². The van der Waals surface area contributed by atoms with E-state index in [4.69, 9.17) is 9.47 Å². The second kappa shape index (κ2) is 12.8. The molecule has 0 saturated carbocycles. The number of carbonyl (C=O) groups is 2. The van der Waals surface area contributed by atoms with Gasteiger partial charge in [-0.25, -0.2) is 9.48 Å². The van der Waals surface area contributed by atoms with E-state index in [1.54, 1.807) is 19.3 Å². The van der Waals surface area contributed by atoms with E-state index in [0.29, 0.717) is 50.2 Å². The summed E-state index contributed by atoms with van der Waals surface area (Å²) in [6.07, 6.45) is 5.55. The molecular weight excluding hydrogens is 468 g/mol. The van der Waals surface area contributed by atoms with Crippen LogP contribution in [0.4, 0.5) is 11.4 Å². The Balaban J connectivity index is 1.87. The number of carbonyl (C=O) groups excluding carboxylic acids is 2. The van der Waals surface area contributed by atoms with Gasteiger partial charge in [-0.15, -0.1) is 11.3 Å². The van der Waals surface area contributed by atoms with Gasteiger partial charge < -0.3 is 14.8 Å². The Hall–Kier alpha value is -3.53. The summed E-state index contributed by atoms with van der Waals surface area (Å²) in [5.74, 6) is -0.857. The van der Waals surface area contributed by atoms with E-state index in [0.717, 1.165) is 10.4 Å². The molecule has 3 heterocycles. The van der Waals surface area contributed by atoms with Crippen molar-refractivity contribution in [3.05, 3.63) is 57.5 Å². The molecule has 3 rings (SSSR count). The lowest BCUT2D eigenvalue weighted by atomic mass is 10.1. The van der Waals surface area contributed by atoms with Crippen molar-refractivity contribution in [3.8, 4) is 10.6 Å². The van der Waals surface area contributed by atoms with Crippen molar-refractivity contribution in [2.24, 2.45) is 0 Å². The SMILES string of the molecule is CCOC(=O)CCCCCOC(=O)c1c(-c2cccs2)nn(CC)c(=O)c1Nc1cnccc1C. The highest BCUT2D eigenvalue weighted by Gasteiger charge is 2.26. The van der Waals surface area contributed by atoms with Crippen LogP contribution in [0.25, 0.3) is 10.6 Å². The number of pyridine rings is 1. The molecule has 1 N–H and O–H groups in total. The van der Waals surface area contributed by atoms with E-state index < -0.39 is 11.5 Å². The summed E-state index contributed by atoms with van der Waals surface area (Å²) in [5, 5.41) is 9.48. The average molecular weight is 499 g/mol. The number of aromatic nitrogens is 3. The van der Waals surface area contributed by atoms with Crippen LogP contribution in [0.15, 0.2) is 40.8 Å². The summed E-state index contributed by atoms with van der Waals surface area (Å²) in [6.45, 7) is 6.34. The van der Waals surface area contributed by atoms with Crippen molar-refractivity contribution in [2.45, 2.75) is 53.0 Å². The van der Waals surface area contributed by atoms with E-state index in [-0.39, 0.29) is 23.8 Å². The van der Waals surface area contributed by atoms with Crippen LogP contribution in [-0.2, 0) is 20.8 Å². The smallest absolute Gasteiger partial charge is 0.342 e. The third kappa shape index (κ3) is 6.75. The lowest BCUT2D eigenvalue weighted by Crippen LogP contribution is -2.29. The molecular formula is C25H30N4O5S. The molecule has 3 aromatic heterocycles. The molecule has 0 aromatic carbocycles. The maximum absolute atomic E-state index is 13.3. The predicted molar refractivity (Wildman–Crippen MR) is 135 cm³/mol. The first kappa shape index (κ1) is 26.1. The van der Waals surface area contributed by atoms with Crippen LogP contribution in [0, 0.1) is 6.92 Å². The zero-order chi connectivity index (χ0) is 25.2. The summed E-state index contributed by atoms with van der Waals surface area (Å²) >= 11 is 1.42. The fourth-order valence-electron chi connectivity index (χ4n) is 3.43. The number of ether oxygens (including phenoxy) is 2. The number of hydrogen-bond acceptors (Lipinski definition) is 9. The highest BCUT2D eigenvalue weighted by atomic mass is 32.1. The van der Waals surface area contributed by atoms with Gasteiger partial charge in [0, 0.05) is 19.2 Å². The molecule has 0 radical (unpaired) electrons. The number of unbranched alkanes of at least 4 members (excludes halogenated alkanes) is 2. The van der Waals surface area contributed by atoms with Gasteiger partial charge in [0.1, 0.15) is 16.9 Å². The zero-order valence-electron chi connectivity index (χ0n) is 20.2. The van der Waals surface area contributed by atoms with Crippen molar-refractivity contribution in [1.82, 2.24) is 14.8 Å². The van der Waals surface area contributed by atoms with Crippen molar-refractivity contribution in [1.29, 1.82) is 0 Å². The van der Waals surface area contributed by atoms with Crippen LogP contribution in [0.2, 0.25) is 0 Å². The summed E-state index contributed by atoms with van der Waals surface area (Å²) in [6, 6.07) is 5.53. The fraction of sp³-hybridized carbons (Fsp3) is 0.400. The Labute approximate surface area is 208 Å². The molecule has 3 aromatic rings. The van der Waals surface area contributed by atoms with Gasteiger partial charge in [-0.1, -0.05) is 6.07 Å². The number of aryl methyl sites for hydroxylation is 2. The predicted octanol–water partition coefficient (Wildman–Crippen LogP) is 4.72. The Morgan fingerprint density at radius 3 is 2.66 bits per heavy atom. The lowest BCUT2D eigenvalue weighted by molar-refractivity contribution is -0.143. The number of nitrogens with zero attached hydrogens (tertiary/aromatic N) is 3. The molecule has 9 nitrogen and oxygen atoms in total. The third-order valence-corrected chi connectivity index (χ3v) is 6.15. The Kier molecular flexibility index (Phi) is 9.54. The van der Waals surface area contributed by atoms with Gasteiger partial charge >= 0.3 is 11.9 Å². The summed E-state index contributed by atoms with van der Waals surface area (Å²) in [7, 11) is 0. The largest absolute Gasteiger partial charge is 0.466 e. The summed E-state index contributed by atoms with van der Waals surface area (Å²) in [4.78, 5) is 42.9. The quantitative estimate of drug-likeness (QED) is 0.282. The Morgan fingerprint density at radius 2 is 1.97 bits per heavy atom. The monoisotopic (exact) mass is 498 g/mol. The zero-order valence-corrected chi connectivity index (χ0v) is 21.0. The van der Waals surface area contributed by atoms with Crippen LogP contribution < -0.4 is 10.9 Å². The van der Waals surface area contributed by atoms with Gasteiger partial charge in [0.05, 0.1) is 30.0 Å². The van der Waals surface area contributed by atoms with E-state index in [1.807, 2.05) is 37.4 Å². The molecule has 0 aliphatic carbocycles. The van der Waals surface area contributed by atoms with Crippen molar-refractivity contribution in [2.75, 3.05) is 18.5 Å². The minimum absolute atomic E-state index is 0.0944. The second-order valence-electron chi connectivity index (χ2n) is 7.76. The molecule has 0 fully saturated rings. The Morgan fingerprint density at radius 1 is 1.14 bits per heavy atom. The van der Waals surface area contributed by atoms with Gasteiger partial charge in [-0.3, -0.25) is 14.6 Å². The minimum atomic E-state index is -0.629. The van der Waals surface area contributed by atoms with E-state index in [1.165, 1.54) is 16.0 Å². The van der Waals surface area contributed by atoms with Gasteiger partial charge in [-0.2, -0.15) is 5.10 Å².